The number of hydrogen-bond acceptors (Lipinski definition) is 5. The van der Waals surface area contributed by atoms with Crippen LogP contribution in [0.2, 0.25) is 0 Å². The van der Waals surface area contributed by atoms with Crippen LogP contribution in [0.5, 0.6) is 5.75 Å². The number of hydrogen-bond donors (Lipinski definition) is 2. The van der Waals surface area contributed by atoms with Crippen LogP contribution < -0.4 is 15.4 Å². The van der Waals surface area contributed by atoms with Gasteiger partial charge < -0.3 is 24.8 Å². The Balaban J connectivity index is 2.21. The van der Waals surface area contributed by atoms with E-state index in [2.05, 4.69) is 22.3 Å². The molecule has 0 saturated carbocycles. The van der Waals surface area contributed by atoms with E-state index in [0.29, 0.717) is 24.6 Å². The molecule has 134 valence electrons. The van der Waals surface area contributed by atoms with E-state index in [1.165, 1.54) is 0 Å². The Morgan fingerprint density at radius 3 is 2.42 bits per heavy atom. The lowest BCUT2D eigenvalue weighted by Gasteiger charge is -2.09. The molecule has 0 atom stereocenters. The summed E-state index contributed by atoms with van der Waals surface area (Å²) in [5, 5.41) is 5.45. The number of unbranched alkanes of at least 4 members (excludes halogenated alkanes) is 1. The first-order valence-electron chi connectivity index (χ1n) is 8.23. The minimum absolute atomic E-state index is 0.252. The van der Waals surface area contributed by atoms with Crippen LogP contribution in [0.15, 0.2) is 24.3 Å². The smallest absolute Gasteiger partial charge is 0.434 e. The normalized spacial score (nSPS) is 10.1. The first-order chi connectivity index (χ1) is 11.7. The second-order valence-corrected chi connectivity index (χ2v) is 5.01. The van der Waals surface area contributed by atoms with Crippen molar-refractivity contribution >= 4 is 17.9 Å². The van der Waals surface area contributed by atoms with Crippen molar-refractivity contribution in [3.63, 3.8) is 0 Å². The Hall–Kier alpha value is -2.28. The van der Waals surface area contributed by atoms with Crippen molar-refractivity contribution < 1.29 is 23.8 Å². The van der Waals surface area contributed by atoms with Gasteiger partial charge in [0.15, 0.2) is 0 Å². The molecular weight excluding hydrogens is 312 g/mol. The molecule has 0 radical (unpaired) electrons. The summed E-state index contributed by atoms with van der Waals surface area (Å²) in [5.41, 5.74) is 0.600. The monoisotopic (exact) mass is 338 g/mol. The molecule has 7 nitrogen and oxygen atoms in total. The van der Waals surface area contributed by atoms with Crippen LogP contribution in [0, 0.1) is 0 Å². The van der Waals surface area contributed by atoms with Gasteiger partial charge in [-0.1, -0.05) is 13.3 Å². The van der Waals surface area contributed by atoms with E-state index in [1.807, 2.05) is 0 Å². The fourth-order valence-electron chi connectivity index (χ4n) is 1.75. The number of benzene rings is 1. The molecule has 0 saturated heterocycles. The number of urea groups is 1. The lowest BCUT2D eigenvalue weighted by Crippen LogP contribution is -2.30. The van der Waals surface area contributed by atoms with E-state index in [0.717, 1.165) is 25.9 Å². The van der Waals surface area contributed by atoms with Gasteiger partial charge in [0.25, 0.3) is 0 Å². The Labute approximate surface area is 142 Å². The number of nitrogens with one attached hydrogen (secondary N) is 2. The average molecular weight is 338 g/mol. The van der Waals surface area contributed by atoms with Crippen LogP contribution in [0.3, 0.4) is 0 Å². The van der Waals surface area contributed by atoms with Gasteiger partial charge in [-0.15, -0.1) is 0 Å². The molecule has 7 heteroatoms. The van der Waals surface area contributed by atoms with E-state index in [-0.39, 0.29) is 12.6 Å². The highest BCUT2D eigenvalue weighted by Gasteiger charge is 2.05. The highest BCUT2D eigenvalue weighted by molar-refractivity contribution is 5.89. The van der Waals surface area contributed by atoms with Crippen LogP contribution in [-0.4, -0.2) is 38.6 Å². The van der Waals surface area contributed by atoms with Crippen molar-refractivity contribution in [3.8, 4) is 5.75 Å². The second kappa shape index (κ2) is 12.2. The summed E-state index contributed by atoms with van der Waals surface area (Å²) in [4.78, 5) is 22.9. The minimum Gasteiger partial charge on any atom is -0.434 e. The summed E-state index contributed by atoms with van der Waals surface area (Å²) in [6.45, 7) is 6.02. The summed E-state index contributed by atoms with van der Waals surface area (Å²) in [6, 6.07) is 6.15. The fraction of sp³-hybridized carbons (Fsp3) is 0.529. The largest absolute Gasteiger partial charge is 0.513 e. The molecule has 24 heavy (non-hydrogen) atoms. The molecule has 0 unspecified atom stereocenters. The van der Waals surface area contributed by atoms with Gasteiger partial charge in [0.2, 0.25) is 0 Å². The van der Waals surface area contributed by atoms with E-state index in [1.54, 1.807) is 31.2 Å². The third kappa shape index (κ3) is 8.99. The molecule has 0 spiro atoms. The minimum atomic E-state index is -0.753. The van der Waals surface area contributed by atoms with Gasteiger partial charge in [-0.25, -0.2) is 9.59 Å². The SMILES string of the molecule is CCCCOCCCNC(=O)Nc1ccc(OC(=O)OCC)cc1. The zero-order valence-electron chi connectivity index (χ0n) is 14.3. The Kier molecular flexibility index (Phi) is 10.0. The molecule has 1 aromatic rings. The molecule has 2 N–H and O–H groups in total. The molecule has 0 aliphatic rings. The van der Waals surface area contributed by atoms with Crippen molar-refractivity contribution in [2.45, 2.75) is 33.1 Å². The van der Waals surface area contributed by atoms with Crippen molar-refractivity contribution in [2.75, 3.05) is 31.7 Å². The topological polar surface area (TPSA) is 85.9 Å². The summed E-state index contributed by atoms with van der Waals surface area (Å²) < 4.78 is 15.0. The molecule has 1 aromatic carbocycles. The zero-order chi connectivity index (χ0) is 17.6. The quantitative estimate of drug-likeness (QED) is 0.387. The van der Waals surface area contributed by atoms with Crippen LogP contribution in [-0.2, 0) is 9.47 Å². The van der Waals surface area contributed by atoms with Crippen molar-refractivity contribution in [1.29, 1.82) is 0 Å². The molecule has 0 aromatic heterocycles. The highest BCUT2D eigenvalue weighted by Crippen LogP contribution is 2.16. The van der Waals surface area contributed by atoms with Crippen molar-refractivity contribution in [1.82, 2.24) is 5.32 Å². The number of carbonyl (C=O) groups excluding carboxylic acids is 2. The lowest BCUT2D eigenvalue weighted by molar-refractivity contribution is 0.104. The predicted octanol–water partition coefficient (Wildman–Crippen LogP) is 3.55. The highest BCUT2D eigenvalue weighted by atomic mass is 16.7. The van der Waals surface area contributed by atoms with Gasteiger partial charge in [0, 0.05) is 25.4 Å². The molecular formula is C17H26N2O5. The van der Waals surface area contributed by atoms with Crippen molar-refractivity contribution in [3.05, 3.63) is 24.3 Å². The van der Waals surface area contributed by atoms with E-state index in [4.69, 9.17) is 9.47 Å². The first-order valence-corrected chi connectivity index (χ1v) is 8.23. The Morgan fingerprint density at radius 2 is 1.75 bits per heavy atom. The zero-order valence-corrected chi connectivity index (χ0v) is 14.3. The Bertz CT molecular complexity index is 490. The third-order valence-corrected chi connectivity index (χ3v) is 2.97. The molecule has 1 rings (SSSR count). The van der Waals surface area contributed by atoms with Gasteiger partial charge in [0.1, 0.15) is 5.75 Å². The van der Waals surface area contributed by atoms with Gasteiger partial charge >= 0.3 is 12.2 Å². The van der Waals surface area contributed by atoms with E-state index < -0.39 is 6.16 Å². The van der Waals surface area contributed by atoms with Crippen LogP contribution in [0.4, 0.5) is 15.3 Å². The number of carbonyl (C=O) groups is 2. The number of ether oxygens (including phenoxy) is 3. The second-order valence-electron chi connectivity index (χ2n) is 5.01. The van der Waals surface area contributed by atoms with Gasteiger partial charge in [-0.3, -0.25) is 0 Å². The maximum atomic E-state index is 11.7. The van der Waals surface area contributed by atoms with Crippen LogP contribution >= 0.6 is 0 Å². The first kappa shape index (κ1) is 19.8. The summed E-state index contributed by atoms with van der Waals surface area (Å²) in [7, 11) is 0. The molecule has 0 fully saturated rings. The Morgan fingerprint density at radius 1 is 1.04 bits per heavy atom. The lowest BCUT2D eigenvalue weighted by atomic mass is 10.3. The number of anilines is 1. The fourth-order valence-corrected chi connectivity index (χ4v) is 1.75. The standard InChI is InChI=1S/C17H26N2O5/c1-3-5-12-22-13-6-11-18-16(20)19-14-7-9-15(10-8-14)24-17(21)23-4-2/h7-10H,3-6,11-13H2,1-2H3,(H2,18,19,20). The van der Waals surface area contributed by atoms with Gasteiger partial charge in [-0.2, -0.15) is 0 Å². The van der Waals surface area contributed by atoms with Gasteiger partial charge in [0.05, 0.1) is 6.61 Å². The van der Waals surface area contributed by atoms with Crippen LogP contribution in [0.25, 0.3) is 0 Å². The molecule has 2 amide bonds. The van der Waals surface area contributed by atoms with E-state index >= 15 is 0 Å². The molecule has 0 aliphatic carbocycles. The summed E-state index contributed by atoms with van der Waals surface area (Å²) in [5.74, 6) is 0.351. The maximum absolute atomic E-state index is 11.7. The summed E-state index contributed by atoms with van der Waals surface area (Å²) in [6.07, 6.45) is 2.19. The maximum Gasteiger partial charge on any atom is 0.513 e. The molecule has 0 heterocycles. The van der Waals surface area contributed by atoms with E-state index in [9.17, 15) is 9.59 Å². The predicted molar refractivity (Wildman–Crippen MR) is 91.5 cm³/mol. The summed E-state index contributed by atoms with van der Waals surface area (Å²) >= 11 is 0. The number of amides is 2. The average Bonchev–Trinajstić information content (AvgIpc) is 2.56. The molecule has 0 bridgehead atoms. The van der Waals surface area contributed by atoms with Gasteiger partial charge in [-0.05, 0) is 44.0 Å². The number of rotatable bonds is 10. The third-order valence-electron chi connectivity index (χ3n) is 2.97. The van der Waals surface area contributed by atoms with Crippen LogP contribution in [0.1, 0.15) is 33.1 Å². The molecule has 0 aliphatic heterocycles. The van der Waals surface area contributed by atoms with Crippen molar-refractivity contribution in [2.24, 2.45) is 0 Å².